The molecule has 1 aromatic rings. The second kappa shape index (κ2) is 6.67. The minimum Gasteiger partial charge on any atom is -0.366 e. The molecular weight excluding hydrogens is 326 g/mol. The molecule has 0 bridgehead atoms. The highest BCUT2D eigenvalue weighted by atomic mass is 79.9. The Hall–Kier alpha value is -0.580. The lowest BCUT2D eigenvalue weighted by atomic mass is 9.95. The molecular formula is C17H26BrN3. The summed E-state index contributed by atoms with van der Waals surface area (Å²) in [7, 11) is 0. The summed E-state index contributed by atoms with van der Waals surface area (Å²) in [6.45, 7) is 6.72. The molecule has 2 unspecified atom stereocenters. The Kier molecular flexibility index (Phi) is 4.87. The topological polar surface area (TPSA) is 32.5 Å². The van der Waals surface area contributed by atoms with Gasteiger partial charge in [-0.15, -0.1) is 0 Å². The normalized spacial score (nSPS) is 26.7. The highest BCUT2D eigenvalue weighted by molar-refractivity contribution is 9.10. The lowest BCUT2D eigenvalue weighted by Gasteiger charge is -2.49. The van der Waals surface area contributed by atoms with Gasteiger partial charge in [-0.2, -0.15) is 0 Å². The number of halogens is 1. The van der Waals surface area contributed by atoms with E-state index >= 15 is 0 Å². The van der Waals surface area contributed by atoms with Crippen molar-refractivity contribution in [1.82, 2.24) is 4.90 Å². The molecule has 2 heterocycles. The number of benzene rings is 1. The van der Waals surface area contributed by atoms with E-state index in [1.165, 1.54) is 50.1 Å². The van der Waals surface area contributed by atoms with Gasteiger partial charge in [0.05, 0.1) is 0 Å². The van der Waals surface area contributed by atoms with Crippen molar-refractivity contribution >= 4 is 21.6 Å². The fourth-order valence-electron chi connectivity index (χ4n) is 3.88. The smallest absolute Gasteiger partial charge is 0.0403 e. The van der Waals surface area contributed by atoms with E-state index < -0.39 is 0 Å². The third kappa shape index (κ3) is 3.27. The van der Waals surface area contributed by atoms with Crippen molar-refractivity contribution in [1.29, 1.82) is 0 Å². The summed E-state index contributed by atoms with van der Waals surface area (Å²) >= 11 is 3.59. The average molecular weight is 352 g/mol. The van der Waals surface area contributed by atoms with E-state index in [0.717, 1.165) is 16.9 Å². The second-order valence-electron chi connectivity index (χ2n) is 6.46. The van der Waals surface area contributed by atoms with Crippen molar-refractivity contribution in [2.45, 2.75) is 44.7 Å². The molecule has 2 aliphatic heterocycles. The lowest BCUT2D eigenvalue weighted by molar-refractivity contribution is 0.115. The van der Waals surface area contributed by atoms with E-state index in [2.05, 4.69) is 50.9 Å². The molecule has 2 N–H and O–H groups in total. The van der Waals surface area contributed by atoms with Crippen molar-refractivity contribution < 1.29 is 0 Å². The van der Waals surface area contributed by atoms with Crippen LogP contribution in [-0.2, 0) is 6.42 Å². The summed E-state index contributed by atoms with van der Waals surface area (Å²) in [6.07, 6.45) is 5.07. The van der Waals surface area contributed by atoms with Crippen LogP contribution in [-0.4, -0.2) is 43.2 Å². The first kappa shape index (κ1) is 15.3. The fraction of sp³-hybridized carbons (Fsp3) is 0.647. The van der Waals surface area contributed by atoms with Crippen LogP contribution < -0.4 is 10.6 Å². The van der Waals surface area contributed by atoms with Gasteiger partial charge < -0.3 is 10.6 Å². The SMILES string of the molecule is CC1CN2CCCCC2CN1c1ccc(Br)cc1CCN. The molecule has 116 valence electrons. The number of hydrogen-bond donors (Lipinski definition) is 1. The Morgan fingerprint density at radius 3 is 2.95 bits per heavy atom. The maximum absolute atomic E-state index is 5.81. The molecule has 0 aromatic heterocycles. The Morgan fingerprint density at radius 1 is 1.29 bits per heavy atom. The minimum absolute atomic E-state index is 0.581. The Bertz CT molecular complexity index is 491. The lowest BCUT2D eigenvalue weighted by Crippen LogP contribution is -2.59. The molecule has 2 saturated heterocycles. The van der Waals surface area contributed by atoms with Crippen molar-refractivity contribution in [3.8, 4) is 0 Å². The summed E-state index contributed by atoms with van der Waals surface area (Å²) < 4.78 is 1.15. The summed E-state index contributed by atoms with van der Waals surface area (Å²) in [5.74, 6) is 0. The zero-order valence-electron chi connectivity index (χ0n) is 12.9. The molecule has 0 aliphatic carbocycles. The van der Waals surface area contributed by atoms with E-state index in [9.17, 15) is 0 Å². The molecule has 0 radical (unpaired) electrons. The largest absolute Gasteiger partial charge is 0.366 e. The van der Waals surface area contributed by atoms with Crippen molar-refractivity contribution in [3.63, 3.8) is 0 Å². The van der Waals surface area contributed by atoms with Crippen molar-refractivity contribution in [2.75, 3.05) is 31.1 Å². The van der Waals surface area contributed by atoms with Gasteiger partial charge in [-0.25, -0.2) is 0 Å². The number of nitrogens with zero attached hydrogens (tertiary/aromatic N) is 2. The van der Waals surface area contributed by atoms with Crippen LogP contribution in [0.15, 0.2) is 22.7 Å². The van der Waals surface area contributed by atoms with Gasteiger partial charge in [-0.1, -0.05) is 22.4 Å². The Morgan fingerprint density at radius 2 is 2.14 bits per heavy atom. The van der Waals surface area contributed by atoms with Crippen LogP contribution in [0.5, 0.6) is 0 Å². The van der Waals surface area contributed by atoms with Crippen LogP contribution in [0.1, 0.15) is 31.7 Å². The van der Waals surface area contributed by atoms with E-state index in [4.69, 9.17) is 5.73 Å². The van der Waals surface area contributed by atoms with E-state index in [-0.39, 0.29) is 0 Å². The molecule has 0 spiro atoms. The van der Waals surface area contributed by atoms with Gasteiger partial charge in [-0.3, -0.25) is 4.90 Å². The number of fused-ring (bicyclic) bond motifs is 1. The number of nitrogens with two attached hydrogens (primary N) is 1. The first-order chi connectivity index (χ1) is 10.2. The zero-order valence-corrected chi connectivity index (χ0v) is 14.5. The maximum Gasteiger partial charge on any atom is 0.0403 e. The van der Waals surface area contributed by atoms with E-state index in [1.54, 1.807) is 0 Å². The molecule has 4 heteroatoms. The highest BCUT2D eigenvalue weighted by Crippen LogP contribution is 2.31. The van der Waals surface area contributed by atoms with Crippen LogP contribution in [0.2, 0.25) is 0 Å². The molecule has 2 aliphatic rings. The Balaban J connectivity index is 1.85. The van der Waals surface area contributed by atoms with Gasteiger partial charge in [0.1, 0.15) is 0 Å². The molecule has 2 atom stereocenters. The zero-order chi connectivity index (χ0) is 14.8. The van der Waals surface area contributed by atoms with Gasteiger partial charge in [0, 0.05) is 35.3 Å². The summed E-state index contributed by atoms with van der Waals surface area (Å²) in [4.78, 5) is 5.32. The third-order valence-electron chi connectivity index (χ3n) is 4.95. The molecule has 0 amide bonds. The average Bonchev–Trinajstić information content (AvgIpc) is 2.47. The van der Waals surface area contributed by atoms with Crippen LogP contribution in [0.4, 0.5) is 5.69 Å². The predicted molar refractivity (Wildman–Crippen MR) is 92.9 cm³/mol. The third-order valence-corrected chi connectivity index (χ3v) is 5.45. The molecule has 1 aromatic carbocycles. The number of anilines is 1. The van der Waals surface area contributed by atoms with E-state index in [1.807, 2.05) is 0 Å². The molecule has 21 heavy (non-hydrogen) atoms. The molecule has 3 nitrogen and oxygen atoms in total. The maximum atomic E-state index is 5.81. The Labute approximate surface area is 136 Å². The van der Waals surface area contributed by atoms with Gasteiger partial charge in [-0.05, 0) is 63.0 Å². The first-order valence-electron chi connectivity index (χ1n) is 8.18. The fourth-order valence-corrected chi connectivity index (χ4v) is 4.29. The monoisotopic (exact) mass is 351 g/mol. The van der Waals surface area contributed by atoms with Gasteiger partial charge >= 0.3 is 0 Å². The summed E-state index contributed by atoms with van der Waals surface area (Å²) in [6, 6.07) is 7.99. The van der Waals surface area contributed by atoms with Crippen LogP contribution in [0.3, 0.4) is 0 Å². The number of hydrogen-bond acceptors (Lipinski definition) is 3. The van der Waals surface area contributed by atoms with E-state index in [0.29, 0.717) is 12.6 Å². The molecule has 3 rings (SSSR count). The number of piperazine rings is 1. The summed E-state index contributed by atoms with van der Waals surface area (Å²) in [5.41, 5.74) is 8.58. The van der Waals surface area contributed by atoms with Crippen LogP contribution in [0.25, 0.3) is 0 Å². The number of rotatable bonds is 3. The van der Waals surface area contributed by atoms with Crippen molar-refractivity contribution in [3.05, 3.63) is 28.2 Å². The van der Waals surface area contributed by atoms with Crippen LogP contribution >= 0.6 is 15.9 Å². The van der Waals surface area contributed by atoms with Crippen molar-refractivity contribution in [2.24, 2.45) is 5.73 Å². The quantitative estimate of drug-likeness (QED) is 0.908. The predicted octanol–water partition coefficient (Wildman–Crippen LogP) is 3.01. The van der Waals surface area contributed by atoms with Gasteiger partial charge in [0.2, 0.25) is 0 Å². The van der Waals surface area contributed by atoms with Crippen LogP contribution in [0, 0.1) is 0 Å². The minimum atomic E-state index is 0.581. The first-order valence-corrected chi connectivity index (χ1v) is 8.97. The highest BCUT2D eigenvalue weighted by Gasteiger charge is 2.33. The molecule has 2 fully saturated rings. The summed E-state index contributed by atoms with van der Waals surface area (Å²) in [5, 5.41) is 0. The van der Waals surface area contributed by atoms with Gasteiger partial charge in [0.25, 0.3) is 0 Å². The second-order valence-corrected chi connectivity index (χ2v) is 7.37. The number of piperidine rings is 1. The molecule has 0 saturated carbocycles. The van der Waals surface area contributed by atoms with Gasteiger partial charge in [0.15, 0.2) is 0 Å². The standard InChI is InChI=1S/C17H26BrN3/c1-13-11-20-9-3-2-4-16(20)12-21(13)17-6-5-15(18)10-14(17)7-8-19/h5-6,10,13,16H,2-4,7-9,11-12,19H2,1H3.